The normalized spacial score (nSPS) is 25.9. The number of aromatic nitrogens is 2. The van der Waals surface area contributed by atoms with E-state index in [2.05, 4.69) is 71.5 Å². The molecule has 1 saturated carbocycles. The molecule has 32 heavy (non-hydrogen) atoms. The SMILES string of the molecule is C=Cc1cccc2c1C(C)(NC1CC1)CC(C1=C(C)N(CC)NC1)=C(c1ccn[nH]1)C2N. The summed E-state index contributed by atoms with van der Waals surface area (Å²) in [5.41, 5.74) is 20.1. The van der Waals surface area contributed by atoms with Crippen molar-refractivity contribution in [3.63, 3.8) is 0 Å². The van der Waals surface area contributed by atoms with Crippen LogP contribution in [0.25, 0.3) is 11.6 Å². The minimum absolute atomic E-state index is 0.247. The molecule has 168 valence electrons. The van der Waals surface area contributed by atoms with E-state index in [1.54, 1.807) is 0 Å². The predicted octanol–water partition coefficient (Wildman–Crippen LogP) is 3.99. The van der Waals surface area contributed by atoms with Crippen LogP contribution in [0.2, 0.25) is 0 Å². The molecule has 2 aliphatic carbocycles. The van der Waals surface area contributed by atoms with Crippen LogP contribution >= 0.6 is 0 Å². The average molecular weight is 431 g/mol. The summed E-state index contributed by atoms with van der Waals surface area (Å²) in [6, 6.07) is 8.78. The summed E-state index contributed by atoms with van der Waals surface area (Å²) >= 11 is 0. The number of allylic oxidation sites excluding steroid dienone is 1. The molecule has 3 aliphatic rings. The number of hydrogen-bond donors (Lipinski definition) is 4. The van der Waals surface area contributed by atoms with Crippen molar-refractivity contribution in [3.8, 4) is 0 Å². The molecule has 0 spiro atoms. The van der Waals surface area contributed by atoms with Crippen molar-refractivity contribution in [2.75, 3.05) is 13.1 Å². The number of hydrogen-bond acceptors (Lipinski definition) is 5. The Hall–Kier alpha value is -2.67. The number of H-pyrrole nitrogens is 1. The van der Waals surface area contributed by atoms with Crippen molar-refractivity contribution < 1.29 is 0 Å². The van der Waals surface area contributed by atoms with Crippen molar-refractivity contribution >= 4 is 11.6 Å². The Morgan fingerprint density at radius 3 is 2.75 bits per heavy atom. The number of rotatable bonds is 6. The predicted molar refractivity (Wildman–Crippen MR) is 130 cm³/mol. The Bertz CT molecular complexity index is 1090. The van der Waals surface area contributed by atoms with Crippen LogP contribution in [-0.2, 0) is 5.54 Å². The summed E-state index contributed by atoms with van der Waals surface area (Å²) in [5.74, 6) is 0. The highest BCUT2D eigenvalue weighted by Crippen LogP contribution is 2.48. The molecule has 1 aliphatic heterocycles. The van der Waals surface area contributed by atoms with E-state index in [1.807, 2.05) is 18.3 Å². The van der Waals surface area contributed by atoms with Crippen LogP contribution in [0.1, 0.15) is 68.5 Å². The van der Waals surface area contributed by atoms with Crippen molar-refractivity contribution in [1.82, 2.24) is 25.9 Å². The third-order valence-corrected chi connectivity index (χ3v) is 7.26. The number of aromatic amines is 1. The van der Waals surface area contributed by atoms with Gasteiger partial charge in [0.2, 0.25) is 0 Å². The van der Waals surface area contributed by atoms with E-state index in [0.717, 1.165) is 41.9 Å². The van der Waals surface area contributed by atoms with Crippen molar-refractivity contribution in [3.05, 3.63) is 76.3 Å². The van der Waals surface area contributed by atoms with Crippen LogP contribution in [0.15, 0.2) is 53.9 Å². The number of benzene rings is 1. The van der Waals surface area contributed by atoms with Gasteiger partial charge in [-0.25, -0.2) is 5.43 Å². The van der Waals surface area contributed by atoms with Crippen LogP contribution in [-0.4, -0.2) is 34.3 Å². The monoisotopic (exact) mass is 430 g/mol. The van der Waals surface area contributed by atoms with E-state index in [0.29, 0.717) is 6.04 Å². The fourth-order valence-electron chi connectivity index (χ4n) is 5.60. The summed E-state index contributed by atoms with van der Waals surface area (Å²) < 4.78 is 0. The number of nitrogens with one attached hydrogen (secondary N) is 3. The zero-order chi connectivity index (χ0) is 22.5. The topological polar surface area (TPSA) is 82.0 Å². The van der Waals surface area contributed by atoms with E-state index >= 15 is 0 Å². The highest BCUT2D eigenvalue weighted by atomic mass is 15.5. The third kappa shape index (κ3) is 3.43. The first-order valence-corrected chi connectivity index (χ1v) is 11.7. The molecule has 5 rings (SSSR count). The van der Waals surface area contributed by atoms with Crippen LogP contribution < -0.4 is 16.5 Å². The fourth-order valence-corrected chi connectivity index (χ4v) is 5.60. The van der Waals surface area contributed by atoms with E-state index in [1.165, 1.54) is 35.2 Å². The maximum atomic E-state index is 7.12. The standard InChI is InChI=1S/C26H34N6/c1-5-17-8-7-9-19-24(17)26(4,30-18-10-11-18)14-20(21-15-29-32(6-2)16(21)3)23(25(19)27)22-12-13-28-31-22/h5,7-9,12-13,18,25,29-30H,1,6,10-11,14-15,27H2,2-4H3,(H,28,31). The number of nitrogens with zero attached hydrogens (tertiary/aromatic N) is 2. The molecular weight excluding hydrogens is 396 g/mol. The third-order valence-electron chi connectivity index (χ3n) is 7.26. The lowest BCUT2D eigenvalue weighted by atomic mass is 9.80. The van der Waals surface area contributed by atoms with E-state index in [-0.39, 0.29) is 11.6 Å². The van der Waals surface area contributed by atoms with Crippen LogP contribution in [0.4, 0.5) is 0 Å². The van der Waals surface area contributed by atoms with E-state index in [4.69, 9.17) is 5.73 Å². The summed E-state index contributed by atoms with van der Waals surface area (Å²) in [4.78, 5) is 0. The van der Waals surface area contributed by atoms with Gasteiger partial charge in [-0.05, 0) is 73.9 Å². The first kappa shape index (κ1) is 21.2. The molecule has 0 bridgehead atoms. The van der Waals surface area contributed by atoms with E-state index < -0.39 is 0 Å². The molecule has 1 fully saturated rings. The van der Waals surface area contributed by atoms with E-state index in [9.17, 15) is 0 Å². The van der Waals surface area contributed by atoms with Crippen LogP contribution in [0.3, 0.4) is 0 Å². The van der Waals surface area contributed by atoms with Gasteiger partial charge in [-0.1, -0.05) is 30.9 Å². The minimum Gasteiger partial charge on any atom is -0.320 e. The number of fused-ring (bicyclic) bond motifs is 1. The van der Waals surface area contributed by atoms with Gasteiger partial charge >= 0.3 is 0 Å². The second kappa shape index (κ2) is 8.03. The molecule has 6 nitrogen and oxygen atoms in total. The molecule has 2 unspecified atom stereocenters. The van der Waals surface area contributed by atoms with Crippen LogP contribution in [0, 0.1) is 0 Å². The van der Waals surface area contributed by atoms with Crippen molar-refractivity contribution in [2.24, 2.45) is 5.73 Å². The second-order valence-corrected chi connectivity index (χ2v) is 9.43. The average Bonchev–Trinajstić information content (AvgIpc) is 3.30. The molecule has 1 aromatic carbocycles. The molecule has 2 aromatic rings. The summed E-state index contributed by atoms with van der Waals surface area (Å²) in [7, 11) is 0. The molecule has 0 saturated heterocycles. The summed E-state index contributed by atoms with van der Waals surface area (Å²) in [6.45, 7) is 12.6. The van der Waals surface area contributed by atoms with Gasteiger partial charge in [0, 0.05) is 42.1 Å². The molecule has 5 N–H and O–H groups in total. The molecule has 2 atom stereocenters. The Morgan fingerprint density at radius 1 is 1.31 bits per heavy atom. The maximum Gasteiger partial charge on any atom is 0.0631 e. The van der Waals surface area contributed by atoms with Gasteiger partial charge in [-0.2, -0.15) is 5.10 Å². The largest absolute Gasteiger partial charge is 0.320 e. The number of nitrogens with two attached hydrogens (primary N) is 1. The molecular formula is C26H34N6. The highest BCUT2D eigenvalue weighted by molar-refractivity contribution is 5.79. The lowest BCUT2D eigenvalue weighted by Gasteiger charge is -2.35. The smallest absolute Gasteiger partial charge is 0.0631 e. The van der Waals surface area contributed by atoms with Crippen molar-refractivity contribution in [1.29, 1.82) is 0 Å². The van der Waals surface area contributed by atoms with Gasteiger partial charge in [-0.15, -0.1) is 0 Å². The van der Waals surface area contributed by atoms with Crippen molar-refractivity contribution in [2.45, 2.75) is 57.7 Å². The second-order valence-electron chi connectivity index (χ2n) is 9.43. The Morgan fingerprint density at radius 2 is 2.12 bits per heavy atom. The zero-order valence-electron chi connectivity index (χ0n) is 19.3. The van der Waals surface area contributed by atoms with Gasteiger partial charge in [-0.3, -0.25) is 5.10 Å². The first-order valence-electron chi connectivity index (χ1n) is 11.7. The summed E-state index contributed by atoms with van der Waals surface area (Å²) in [6.07, 6.45) is 7.10. The lowest BCUT2D eigenvalue weighted by molar-refractivity contribution is 0.298. The molecule has 2 heterocycles. The summed E-state index contributed by atoms with van der Waals surface area (Å²) in [5, 5.41) is 13.7. The molecule has 1 aromatic heterocycles. The zero-order valence-corrected chi connectivity index (χ0v) is 19.3. The lowest BCUT2D eigenvalue weighted by Crippen LogP contribution is -2.42. The first-order chi connectivity index (χ1) is 15.5. The quantitative estimate of drug-likeness (QED) is 0.557. The molecule has 6 heteroatoms. The maximum absolute atomic E-state index is 7.12. The fraction of sp³-hybridized carbons (Fsp3) is 0.423. The molecule has 0 amide bonds. The number of hydrazine groups is 1. The van der Waals surface area contributed by atoms with Gasteiger partial charge in [0.15, 0.2) is 0 Å². The van der Waals surface area contributed by atoms with Gasteiger partial charge in [0.05, 0.1) is 11.7 Å². The van der Waals surface area contributed by atoms with Gasteiger partial charge < -0.3 is 16.1 Å². The molecule has 0 radical (unpaired) electrons. The van der Waals surface area contributed by atoms with Gasteiger partial charge in [0.1, 0.15) is 0 Å². The van der Waals surface area contributed by atoms with Crippen LogP contribution in [0.5, 0.6) is 0 Å². The Labute approximate surface area is 190 Å². The Kier molecular flexibility index (Phi) is 5.32. The van der Waals surface area contributed by atoms with Gasteiger partial charge in [0.25, 0.3) is 0 Å². The Balaban J connectivity index is 1.78. The minimum atomic E-state index is -0.265. The highest BCUT2D eigenvalue weighted by Gasteiger charge is 2.43.